The lowest BCUT2D eigenvalue weighted by Gasteiger charge is -2.51. The van der Waals surface area contributed by atoms with Gasteiger partial charge in [0.1, 0.15) is 0 Å². The fourth-order valence-corrected chi connectivity index (χ4v) is 2.38. The molecule has 1 aliphatic carbocycles. The van der Waals surface area contributed by atoms with Crippen LogP contribution in [0.4, 0.5) is 71.5 Å². The summed E-state index contributed by atoms with van der Waals surface area (Å²) in [7, 11) is 0. The van der Waals surface area contributed by atoms with Crippen molar-refractivity contribution in [2.24, 2.45) is 0 Å². The number of rotatable bonds is 2. The molecule has 17 heteroatoms. The molecule has 1 amide bonds. The Labute approximate surface area is 153 Å². The van der Waals surface area contributed by atoms with E-state index in [0.29, 0.717) is 0 Å². The van der Waals surface area contributed by atoms with E-state index in [9.17, 15) is 70.7 Å². The lowest BCUT2D eigenvalue weighted by atomic mass is 9.71. The van der Waals surface area contributed by atoms with Crippen LogP contribution in [0, 0.1) is 23.3 Å². The van der Waals surface area contributed by atoms with Gasteiger partial charge in [-0.2, -0.15) is 43.9 Å². The van der Waals surface area contributed by atoms with Gasteiger partial charge in [0.15, 0.2) is 23.3 Å². The number of amides is 1. The highest BCUT2D eigenvalue weighted by Crippen LogP contribution is 2.69. The first-order chi connectivity index (χ1) is 13.1. The van der Waals surface area contributed by atoms with E-state index in [0.717, 1.165) is 0 Å². The summed E-state index contributed by atoms with van der Waals surface area (Å²) in [6.45, 7) is 0. The fraction of sp³-hybridized carbons (Fsp3) is 0.462. The van der Waals surface area contributed by atoms with Gasteiger partial charge in [-0.05, 0) is 0 Å². The minimum absolute atomic E-state index is 0.136. The molecule has 0 atom stereocenters. The first kappa shape index (κ1) is 23.9. The molecule has 0 aliphatic heterocycles. The van der Waals surface area contributed by atoms with Gasteiger partial charge in [0.2, 0.25) is 0 Å². The third-order valence-electron chi connectivity index (χ3n) is 4.11. The van der Waals surface area contributed by atoms with Gasteiger partial charge >= 0.3 is 35.3 Å². The molecule has 1 aromatic rings. The Balaban J connectivity index is 2.73. The molecule has 30 heavy (non-hydrogen) atoms. The number of nitrogens with one attached hydrogen (secondary N) is 1. The molecule has 1 saturated carbocycles. The smallest absolute Gasteiger partial charge is 0.320 e. The third-order valence-corrected chi connectivity index (χ3v) is 4.11. The molecule has 1 fully saturated rings. The predicted octanol–water partition coefficient (Wildman–Crippen LogP) is 5.08. The van der Waals surface area contributed by atoms with Crippen LogP contribution in [0.1, 0.15) is 0 Å². The highest BCUT2D eigenvalue weighted by atomic mass is 19.4. The molecule has 2 nitrogen and oxygen atoms in total. The van der Waals surface area contributed by atoms with Gasteiger partial charge < -0.3 is 5.32 Å². The number of hydrogen-bond donors (Lipinski definition) is 1. The minimum Gasteiger partial charge on any atom is -0.320 e. The van der Waals surface area contributed by atoms with E-state index in [4.69, 9.17) is 0 Å². The summed E-state index contributed by atoms with van der Waals surface area (Å²) in [5.41, 5.74) is -9.51. The van der Waals surface area contributed by atoms with Crippen LogP contribution in [0.2, 0.25) is 0 Å². The second-order valence-electron chi connectivity index (χ2n) is 5.83. The van der Waals surface area contributed by atoms with E-state index in [2.05, 4.69) is 0 Å². The van der Waals surface area contributed by atoms with Crippen molar-refractivity contribution in [2.75, 3.05) is 5.32 Å². The fourth-order valence-electron chi connectivity index (χ4n) is 2.38. The standard InChI is InChI=1S/C13H2F15NO/c14-2-1-3(5(16)6(17)4(2)15)29-7(30)8(18)9(19,20)11(23,24)13(27,28)12(25,26)10(8,21)22/h1H,(H,29,30). The Hall–Kier alpha value is -2.36. The predicted molar refractivity (Wildman–Crippen MR) is 63.5 cm³/mol. The Kier molecular flexibility index (Phi) is 4.85. The van der Waals surface area contributed by atoms with Crippen molar-refractivity contribution in [3.8, 4) is 0 Å². The molecule has 0 heterocycles. The van der Waals surface area contributed by atoms with E-state index >= 15 is 0 Å². The second kappa shape index (κ2) is 6.09. The van der Waals surface area contributed by atoms with Crippen molar-refractivity contribution in [3.63, 3.8) is 0 Å². The monoisotopic (exact) mass is 473 g/mol. The summed E-state index contributed by atoms with van der Waals surface area (Å²) in [5, 5.41) is 0.136. The molecule has 0 unspecified atom stereocenters. The molecule has 170 valence electrons. The van der Waals surface area contributed by atoms with Crippen LogP contribution in [0.15, 0.2) is 6.07 Å². The molecule has 1 aromatic carbocycles. The quantitative estimate of drug-likeness (QED) is 0.363. The average molecular weight is 473 g/mol. The van der Waals surface area contributed by atoms with E-state index in [1.165, 1.54) is 0 Å². The number of hydrogen-bond acceptors (Lipinski definition) is 1. The zero-order valence-corrected chi connectivity index (χ0v) is 13.2. The minimum atomic E-state index is -7.63. The Bertz CT molecular complexity index is 878. The van der Waals surface area contributed by atoms with Crippen molar-refractivity contribution in [1.29, 1.82) is 0 Å². The van der Waals surface area contributed by atoms with E-state index < -0.39 is 76.2 Å². The van der Waals surface area contributed by atoms with Crippen molar-refractivity contribution in [3.05, 3.63) is 29.3 Å². The van der Waals surface area contributed by atoms with Gasteiger partial charge in [0, 0.05) is 6.07 Å². The van der Waals surface area contributed by atoms with Gasteiger partial charge in [-0.1, -0.05) is 0 Å². The lowest BCUT2D eigenvalue weighted by Crippen LogP contribution is -2.86. The van der Waals surface area contributed by atoms with E-state index in [1.807, 2.05) is 0 Å². The summed E-state index contributed by atoms with van der Waals surface area (Å²) < 4.78 is 200. The summed E-state index contributed by atoms with van der Waals surface area (Å²) in [6.07, 6.45) is 0. The molecular formula is C13H2F15NO. The molecule has 1 aliphatic rings. The number of alkyl halides is 11. The highest BCUT2D eigenvalue weighted by Gasteiger charge is 3.02. The first-order valence-electron chi connectivity index (χ1n) is 6.87. The Morgan fingerprint density at radius 1 is 0.600 bits per heavy atom. The van der Waals surface area contributed by atoms with Crippen LogP contribution >= 0.6 is 0 Å². The van der Waals surface area contributed by atoms with Crippen molar-refractivity contribution in [2.45, 2.75) is 35.3 Å². The Morgan fingerprint density at radius 3 is 1.37 bits per heavy atom. The normalized spacial score (nSPS) is 24.9. The summed E-state index contributed by atoms with van der Waals surface area (Å²) in [6, 6.07) is -0.695. The molecule has 0 spiro atoms. The van der Waals surface area contributed by atoms with Gasteiger partial charge in [-0.25, -0.2) is 22.0 Å². The summed E-state index contributed by atoms with van der Waals surface area (Å²) >= 11 is 0. The first-order valence-corrected chi connectivity index (χ1v) is 6.87. The van der Waals surface area contributed by atoms with Gasteiger partial charge in [0.05, 0.1) is 5.69 Å². The van der Waals surface area contributed by atoms with Crippen molar-refractivity contribution >= 4 is 11.6 Å². The van der Waals surface area contributed by atoms with Crippen LogP contribution in [0.5, 0.6) is 0 Å². The molecule has 0 aromatic heterocycles. The van der Waals surface area contributed by atoms with Crippen LogP contribution < -0.4 is 5.32 Å². The summed E-state index contributed by atoms with van der Waals surface area (Å²) in [5.74, 6) is -52.8. The van der Waals surface area contributed by atoms with Crippen LogP contribution in [0.25, 0.3) is 0 Å². The number of carbonyl (C=O) groups excluding carboxylic acids is 1. The molecule has 1 N–H and O–H groups in total. The maximum atomic E-state index is 14.4. The Morgan fingerprint density at radius 2 is 0.967 bits per heavy atom. The number of halogens is 15. The second-order valence-corrected chi connectivity index (χ2v) is 5.83. The van der Waals surface area contributed by atoms with E-state index in [-0.39, 0.29) is 5.32 Å². The highest BCUT2D eigenvalue weighted by molar-refractivity contribution is 5.99. The summed E-state index contributed by atoms with van der Waals surface area (Å²) in [4.78, 5) is 11.5. The zero-order chi connectivity index (χ0) is 23.9. The topological polar surface area (TPSA) is 29.1 Å². The van der Waals surface area contributed by atoms with Gasteiger partial charge in [-0.15, -0.1) is 0 Å². The molecule has 2 rings (SSSR count). The SMILES string of the molecule is O=C(Nc1cc(F)c(F)c(F)c1F)C1(F)C(F)(F)C(F)(F)C(F)(F)C(F)(F)C1(F)F. The largest absolute Gasteiger partial charge is 0.384 e. The molecular weight excluding hydrogens is 471 g/mol. The van der Waals surface area contributed by atoms with Crippen LogP contribution in [0.3, 0.4) is 0 Å². The van der Waals surface area contributed by atoms with Crippen molar-refractivity contribution in [1.82, 2.24) is 0 Å². The number of benzene rings is 1. The molecule has 0 radical (unpaired) electrons. The maximum absolute atomic E-state index is 14.4. The van der Waals surface area contributed by atoms with Gasteiger partial charge in [0.25, 0.3) is 5.91 Å². The lowest BCUT2D eigenvalue weighted by molar-refractivity contribution is -0.475. The van der Waals surface area contributed by atoms with Crippen molar-refractivity contribution < 1.29 is 70.7 Å². The zero-order valence-electron chi connectivity index (χ0n) is 13.2. The molecule has 0 bridgehead atoms. The molecule has 0 saturated heterocycles. The van der Waals surface area contributed by atoms with E-state index in [1.54, 1.807) is 0 Å². The number of anilines is 1. The maximum Gasteiger partial charge on any atom is 0.384 e. The average Bonchev–Trinajstić information content (AvgIpc) is 2.61. The number of carbonyl (C=O) groups is 1. The van der Waals surface area contributed by atoms with Crippen LogP contribution in [-0.4, -0.2) is 41.2 Å². The van der Waals surface area contributed by atoms with Gasteiger partial charge in [-0.3, -0.25) is 4.79 Å². The third kappa shape index (κ3) is 2.34. The van der Waals surface area contributed by atoms with Crippen LogP contribution in [-0.2, 0) is 4.79 Å².